The predicted molar refractivity (Wildman–Crippen MR) is 122 cm³/mol. The lowest BCUT2D eigenvalue weighted by Crippen LogP contribution is -2.20. The van der Waals surface area contributed by atoms with Crippen LogP contribution < -0.4 is 10.1 Å². The fourth-order valence-corrected chi connectivity index (χ4v) is 3.34. The van der Waals surface area contributed by atoms with E-state index in [4.69, 9.17) is 4.74 Å². The van der Waals surface area contributed by atoms with Crippen molar-refractivity contribution >= 4 is 11.6 Å². The molecule has 0 fully saturated rings. The summed E-state index contributed by atoms with van der Waals surface area (Å²) >= 11 is 0. The molecule has 4 aromatic rings. The summed E-state index contributed by atoms with van der Waals surface area (Å²) in [4.78, 5) is 8.25. The standard InChI is InChI=1S/C22H21F3N10O2/c1-13(11-36)35-10-18(20(31-35)22(23,24)25)30-21-27-7-17(8-28-21)15-3-4-16(6-26)19(5-15)37-14(2)9-34-12-29-32-33-34/h3-5,7-8,10,12-14,36H,9,11H2,1-2H3,(H,27,28,30). The van der Waals surface area contributed by atoms with Gasteiger partial charge in [-0.2, -0.15) is 23.5 Å². The second-order valence-corrected chi connectivity index (χ2v) is 8.10. The lowest BCUT2D eigenvalue weighted by Gasteiger charge is -2.16. The number of alkyl halides is 3. The van der Waals surface area contributed by atoms with Gasteiger partial charge in [-0.1, -0.05) is 6.07 Å². The normalized spacial score (nSPS) is 13.1. The molecule has 15 heteroatoms. The van der Waals surface area contributed by atoms with Crippen LogP contribution in [0.3, 0.4) is 0 Å². The largest absolute Gasteiger partial charge is 0.487 e. The van der Waals surface area contributed by atoms with Gasteiger partial charge in [0.1, 0.15) is 24.3 Å². The van der Waals surface area contributed by atoms with E-state index < -0.39 is 17.9 Å². The number of nitriles is 1. The minimum absolute atomic E-state index is 0.0781. The summed E-state index contributed by atoms with van der Waals surface area (Å²) in [7, 11) is 0. The molecule has 2 atom stereocenters. The van der Waals surface area contributed by atoms with Gasteiger partial charge in [0.05, 0.1) is 30.4 Å². The number of halogens is 3. The van der Waals surface area contributed by atoms with E-state index >= 15 is 0 Å². The van der Waals surface area contributed by atoms with Crippen LogP contribution in [0.15, 0.2) is 43.1 Å². The Balaban J connectivity index is 1.54. The number of nitrogens with zero attached hydrogens (tertiary/aromatic N) is 9. The van der Waals surface area contributed by atoms with Crippen molar-refractivity contribution in [2.24, 2.45) is 0 Å². The number of hydrogen-bond acceptors (Lipinski definition) is 10. The van der Waals surface area contributed by atoms with E-state index in [1.807, 2.05) is 0 Å². The Bertz CT molecular complexity index is 1380. The van der Waals surface area contributed by atoms with Crippen LogP contribution in [0.5, 0.6) is 5.75 Å². The molecule has 0 radical (unpaired) electrons. The van der Waals surface area contributed by atoms with Crippen LogP contribution in [0.4, 0.5) is 24.8 Å². The number of aliphatic hydroxyl groups excluding tert-OH is 1. The van der Waals surface area contributed by atoms with Crippen molar-refractivity contribution in [3.05, 3.63) is 54.4 Å². The molecule has 3 aromatic heterocycles. The van der Waals surface area contributed by atoms with Gasteiger partial charge in [-0.25, -0.2) is 14.6 Å². The number of rotatable bonds is 9. The average Bonchev–Trinajstić information content (AvgIpc) is 3.54. The molecule has 0 saturated carbocycles. The van der Waals surface area contributed by atoms with E-state index in [-0.39, 0.29) is 24.3 Å². The monoisotopic (exact) mass is 514 g/mol. The summed E-state index contributed by atoms with van der Waals surface area (Å²) < 4.78 is 48.8. The molecule has 0 spiro atoms. The van der Waals surface area contributed by atoms with E-state index in [0.29, 0.717) is 29.0 Å². The van der Waals surface area contributed by atoms with Crippen LogP contribution in [0.25, 0.3) is 11.1 Å². The second-order valence-electron chi connectivity index (χ2n) is 8.10. The summed E-state index contributed by atoms with van der Waals surface area (Å²) in [6.07, 6.45) is 0.374. The van der Waals surface area contributed by atoms with Gasteiger partial charge in [-0.05, 0) is 42.0 Å². The molecule has 37 heavy (non-hydrogen) atoms. The Kier molecular flexibility index (Phi) is 7.30. The minimum atomic E-state index is -4.72. The topological polar surface area (TPSA) is 152 Å². The zero-order valence-corrected chi connectivity index (χ0v) is 19.6. The van der Waals surface area contributed by atoms with Gasteiger partial charge in [-0.15, -0.1) is 5.10 Å². The first-order chi connectivity index (χ1) is 17.7. The number of aliphatic hydroxyl groups is 1. The van der Waals surface area contributed by atoms with Crippen LogP contribution in [-0.2, 0) is 12.7 Å². The van der Waals surface area contributed by atoms with Gasteiger partial charge in [0, 0.05) is 24.2 Å². The second kappa shape index (κ2) is 10.6. The van der Waals surface area contributed by atoms with E-state index in [0.717, 1.165) is 10.9 Å². The third kappa shape index (κ3) is 5.98. The maximum Gasteiger partial charge on any atom is 0.437 e. The van der Waals surface area contributed by atoms with E-state index in [1.54, 1.807) is 25.1 Å². The molecule has 3 heterocycles. The SMILES string of the molecule is CC(Cn1cnnn1)Oc1cc(-c2cnc(Nc3cn(C(C)CO)nc3C(F)(F)F)nc2)ccc1C#N. The smallest absolute Gasteiger partial charge is 0.437 e. The van der Waals surface area contributed by atoms with Crippen molar-refractivity contribution in [2.45, 2.75) is 38.7 Å². The number of hydrogen-bond donors (Lipinski definition) is 2. The van der Waals surface area contributed by atoms with Crippen molar-refractivity contribution < 1.29 is 23.0 Å². The molecular formula is C22H21F3N10O2. The molecule has 2 N–H and O–H groups in total. The van der Waals surface area contributed by atoms with E-state index in [9.17, 15) is 23.5 Å². The van der Waals surface area contributed by atoms with Crippen LogP contribution in [0.2, 0.25) is 0 Å². The zero-order valence-electron chi connectivity index (χ0n) is 19.6. The van der Waals surface area contributed by atoms with Gasteiger partial charge in [0.15, 0.2) is 5.69 Å². The molecule has 2 unspecified atom stereocenters. The molecule has 1 aromatic carbocycles. The van der Waals surface area contributed by atoms with Crippen LogP contribution >= 0.6 is 0 Å². The van der Waals surface area contributed by atoms with E-state index in [1.165, 1.54) is 30.3 Å². The lowest BCUT2D eigenvalue weighted by atomic mass is 10.1. The van der Waals surface area contributed by atoms with Crippen LogP contribution in [0, 0.1) is 11.3 Å². The maximum atomic E-state index is 13.4. The minimum Gasteiger partial charge on any atom is -0.487 e. The molecule has 0 aliphatic rings. The quantitative estimate of drug-likeness (QED) is 0.341. The molecular weight excluding hydrogens is 493 g/mol. The number of benzene rings is 1. The average molecular weight is 514 g/mol. The van der Waals surface area contributed by atoms with Gasteiger partial charge in [0.25, 0.3) is 0 Å². The predicted octanol–water partition coefficient (Wildman–Crippen LogP) is 2.98. The Morgan fingerprint density at radius 3 is 2.57 bits per heavy atom. The molecule has 12 nitrogen and oxygen atoms in total. The van der Waals surface area contributed by atoms with Gasteiger partial charge < -0.3 is 15.2 Å². The van der Waals surface area contributed by atoms with Crippen LogP contribution in [-0.4, -0.2) is 57.8 Å². The molecule has 0 aliphatic heterocycles. The number of nitrogens with one attached hydrogen (secondary N) is 1. The molecule has 0 bridgehead atoms. The third-order valence-electron chi connectivity index (χ3n) is 5.21. The Morgan fingerprint density at radius 2 is 1.95 bits per heavy atom. The maximum absolute atomic E-state index is 13.4. The van der Waals surface area contributed by atoms with Gasteiger partial charge >= 0.3 is 6.18 Å². The highest BCUT2D eigenvalue weighted by molar-refractivity contribution is 5.67. The molecule has 0 amide bonds. The summed E-state index contributed by atoms with van der Waals surface area (Å²) in [5.41, 5.74) is 0.0149. The molecule has 4 rings (SSSR count). The van der Waals surface area contributed by atoms with Gasteiger partial charge in [0.2, 0.25) is 5.95 Å². The summed E-state index contributed by atoms with van der Waals surface area (Å²) in [5.74, 6) is 0.258. The third-order valence-corrected chi connectivity index (χ3v) is 5.21. The summed E-state index contributed by atoms with van der Waals surface area (Å²) in [6.45, 7) is 3.32. The molecule has 192 valence electrons. The summed E-state index contributed by atoms with van der Waals surface area (Å²) in [5, 5.41) is 35.7. The van der Waals surface area contributed by atoms with Crippen molar-refractivity contribution in [2.75, 3.05) is 11.9 Å². The highest BCUT2D eigenvalue weighted by Crippen LogP contribution is 2.35. The number of anilines is 2. The van der Waals surface area contributed by atoms with E-state index in [2.05, 4.69) is 42.0 Å². The Morgan fingerprint density at radius 1 is 1.19 bits per heavy atom. The molecule has 0 saturated heterocycles. The first-order valence-corrected chi connectivity index (χ1v) is 11.0. The Labute approximate surface area is 208 Å². The highest BCUT2D eigenvalue weighted by Gasteiger charge is 2.38. The summed E-state index contributed by atoms with van der Waals surface area (Å²) in [6, 6.07) is 6.36. The number of ether oxygens (including phenoxy) is 1. The van der Waals surface area contributed by atoms with Crippen molar-refractivity contribution in [1.29, 1.82) is 5.26 Å². The number of tetrazole rings is 1. The fraction of sp³-hybridized carbons (Fsp3) is 0.318. The first-order valence-electron chi connectivity index (χ1n) is 11.0. The Hall–Kier alpha value is -4.58. The zero-order chi connectivity index (χ0) is 26.6. The highest BCUT2D eigenvalue weighted by atomic mass is 19.4. The van der Waals surface area contributed by atoms with Crippen molar-refractivity contribution in [1.82, 2.24) is 40.0 Å². The van der Waals surface area contributed by atoms with Crippen LogP contribution in [0.1, 0.15) is 31.1 Å². The van der Waals surface area contributed by atoms with Crippen molar-refractivity contribution in [3.63, 3.8) is 0 Å². The fourth-order valence-electron chi connectivity index (χ4n) is 3.34. The first kappa shape index (κ1) is 25.5. The molecule has 0 aliphatic carbocycles. The van der Waals surface area contributed by atoms with Crippen molar-refractivity contribution in [3.8, 4) is 22.9 Å². The van der Waals surface area contributed by atoms with Gasteiger partial charge in [-0.3, -0.25) is 4.68 Å². The number of aromatic nitrogens is 8. The lowest BCUT2D eigenvalue weighted by molar-refractivity contribution is -0.141.